The molecule has 0 aliphatic heterocycles. The molecule has 0 spiro atoms. The van der Waals surface area contributed by atoms with E-state index in [1.165, 1.54) is 32.1 Å². The van der Waals surface area contributed by atoms with Crippen LogP contribution in [0.1, 0.15) is 65.7 Å². The molecule has 0 amide bonds. The van der Waals surface area contributed by atoms with Crippen molar-refractivity contribution >= 4 is 6.72 Å². The van der Waals surface area contributed by atoms with Gasteiger partial charge in [0.05, 0.1) is 24.2 Å². The van der Waals surface area contributed by atoms with Crippen molar-refractivity contribution in [3.05, 3.63) is 11.6 Å². The summed E-state index contributed by atoms with van der Waals surface area (Å²) in [5.74, 6) is 4.44. The number of hydrogen-bond donors (Lipinski definition) is 0. The van der Waals surface area contributed by atoms with Crippen LogP contribution in [0.5, 0.6) is 0 Å². The fraction of sp³-hybridized carbons (Fsp3) is 0.773. The summed E-state index contributed by atoms with van der Waals surface area (Å²) in [5, 5.41) is 0. The van der Waals surface area contributed by atoms with Gasteiger partial charge in [-0.25, -0.2) is 0 Å². The van der Waals surface area contributed by atoms with Crippen LogP contribution >= 0.6 is 0 Å². The molecule has 0 aromatic heterocycles. The molecule has 0 heterocycles. The van der Waals surface area contributed by atoms with Gasteiger partial charge in [0.2, 0.25) is 0 Å². The largest absolute Gasteiger partial charge is 0.373 e. The third kappa shape index (κ3) is 2.57. The maximum absolute atomic E-state index is 6.31. The lowest BCUT2D eigenvalue weighted by Gasteiger charge is -2.60. The Morgan fingerprint density at radius 3 is 2.83 bits per heavy atom. The zero-order valence-electron chi connectivity index (χ0n) is 15.7. The quantitative estimate of drug-likeness (QED) is 0.307. The molecule has 3 aliphatic rings. The smallest absolute Gasteiger partial charge is 0.0684 e. The first kappa shape index (κ1) is 17.7. The SMILES string of the molecule is C#CC12CCCC=C1C1(C)CCC(C)(OCCN=C)C(C)C1CC2. The molecular weight excluding hydrogens is 294 g/mol. The van der Waals surface area contributed by atoms with E-state index in [-0.39, 0.29) is 16.4 Å². The minimum atomic E-state index is -0.0414. The van der Waals surface area contributed by atoms with Gasteiger partial charge >= 0.3 is 0 Å². The molecule has 3 rings (SSSR count). The van der Waals surface area contributed by atoms with Crippen molar-refractivity contribution in [2.45, 2.75) is 71.3 Å². The summed E-state index contributed by atoms with van der Waals surface area (Å²) in [6.07, 6.45) is 16.9. The molecular formula is C22H33NO. The van der Waals surface area contributed by atoms with Crippen LogP contribution in [0.4, 0.5) is 0 Å². The second-order valence-corrected chi connectivity index (χ2v) is 8.70. The molecule has 132 valence electrons. The summed E-state index contributed by atoms with van der Waals surface area (Å²) in [6, 6.07) is 0. The van der Waals surface area contributed by atoms with Crippen LogP contribution in [0.15, 0.2) is 16.6 Å². The highest BCUT2D eigenvalue weighted by molar-refractivity contribution is 5.37. The molecule has 2 saturated carbocycles. The van der Waals surface area contributed by atoms with E-state index in [1.807, 2.05) is 0 Å². The molecule has 0 aromatic rings. The molecule has 2 fully saturated rings. The number of ether oxygens (including phenoxy) is 1. The summed E-state index contributed by atoms with van der Waals surface area (Å²) in [5.41, 5.74) is 1.86. The molecule has 0 N–H and O–H groups in total. The van der Waals surface area contributed by atoms with Gasteiger partial charge in [0.1, 0.15) is 0 Å². The highest BCUT2D eigenvalue weighted by Gasteiger charge is 2.58. The average Bonchev–Trinajstić information content (AvgIpc) is 2.59. The van der Waals surface area contributed by atoms with E-state index in [4.69, 9.17) is 11.2 Å². The molecule has 0 radical (unpaired) electrons. The van der Waals surface area contributed by atoms with Crippen LogP contribution in [0.3, 0.4) is 0 Å². The number of terminal acetylenes is 1. The first-order chi connectivity index (χ1) is 11.4. The van der Waals surface area contributed by atoms with Crippen molar-refractivity contribution in [2.24, 2.45) is 27.7 Å². The minimum absolute atomic E-state index is 0.0414. The van der Waals surface area contributed by atoms with Gasteiger partial charge in [-0.15, -0.1) is 6.42 Å². The van der Waals surface area contributed by atoms with Crippen LogP contribution in [-0.4, -0.2) is 25.5 Å². The van der Waals surface area contributed by atoms with Crippen molar-refractivity contribution in [1.29, 1.82) is 0 Å². The van der Waals surface area contributed by atoms with Crippen LogP contribution in [0, 0.1) is 35.0 Å². The fourth-order valence-electron chi connectivity index (χ4n) is 5.99. The van der Waals surface area contributed by atoms with Crippen LogP contribution < -0.4 is 0 Å². The number of hydrogen-bond acceptors (Lipinski definition) is 2. The Morgan fingerprint density at radius 1 is 1.33 bits per heavy atom. The highest BCUT2D eigenvalue weighted by atomic mass is 16.5. The van der Waals surface area contributed by atoms with Gasteiger partial charge in [-0.2, -0.15) is 0 Å². The number of rotatable bonds is 4. The Hall–Kier alpha value is -1.07. The topological polar surface area (TPSA) is 21.6 Å². The molecule has 0 saturated heterocycles. The Morgan fingerprint density at radius 2 is 2.12 bits per heavy atom. The van der Waals surface area contributed by atoms with Gasteiger partial charge in [0.25, 0.3) is 0 Å². The Labute approximate surface area is 148 Å². The highest BCUT2D eigenvalue weighted by Crippen LogP contribution is 2.64. The maximum atomic E-state index is 6.31. The monoisotopic (exact) mass is 327 g/mol. The van der Waals surface area contributed by atoms with E-state index in [0.717, 1.165) is 12.8 Å². The normalized spacial score (nSPS) is 44.7. The number of fused-ring (bicyclic) bond motifs is 3. The first-order valence-corrected chi connectivity index (χ1v) is 9.67. The van der Waals surface area contributed by atoms with Gasteiger partial charge in [-0.3, -0.25) is 4.99 Å². The maximum Gasteiger partial charge on any atom is 0.0684 e. The van der Waals surface area contributed by atoms with E-state index >= 15 is 0 Å². The Kier molecular flexibility index (Phi) is 4.69. The van der Waals surface area contributed by atoms with Gasteiger partial charge in [0.15, 0.2) is 0 Å². The summed E-state index contributed by atoms with van der Waals surface area (Å²) >= 11 is 0. The molecule has 3 aliphatic carbocycles. The van der Waals surface area contributed by atoms with E-state index < -0.39 is 0 Å². The fourth-order valence-corrected chi connectivity index (χ4v) is 5.99. The van der Waals surface area contributed by atoms with E-state index in [1.54, 1.807) is 5.57 Å². The average molecular weight is 328 g/mol. The van der Waals surface area contributed by atoms with Crippen LogP contribution in [0.25, 0.3) is 0 Å². The van der Waals surface area contributed by atoms with Crippen molar-refractivity contribution in [3.63, 3.8) is 0 Å². The zero-order chi connectivity index (χ0) is 17.4. The zero-order valence-corrected chi connectivity index (χ0v) is 15.7. The number of nitrogens with zero attached hydrogens (tertiary/aromatic N) is 1. The number of allylic oxidation sites excluding steroid dienone is 2. The molecule has 2 heteroatoms. The predicted molar refractivity (Wildman–Crippen MR) is 101 cm³/mol. The van der Waals surface area contributed by atoms with Gasteiger partial charge < -0.3 is 4.74 Å². The summed E-state index contributed by atoms with van der Waals surface area (Å²) < 4.78 is 6.31. The Balaban J connectivity index is 1.88. The molecule has 0 aromatic carbocycles. The summed E-state index contributed by atoms with van der Waals surface area (Å²) in [4.78, 5) is 3.94. The Bertz CT molecular complexity index is 573. The van der Waals surface area contributed by atoms with Crippen molar-refractivity contribution < 1.29 is 4.74 Å². The number of aliphatic imine (C=N–C) groups is 1. The molecule has 0 bridgehead atoms. The van der Waals surface area contributed by atoms with Gasteiger partial charge in [-0.05, 0) is 81.4 Å². The van der Waals surface area contributed by atoms with E-state index in [0.29, 0.717) is 25.0 Å². The van der Waals surface area contributed by atoms with Crippen LogP contribution in [-0.2, 0) is 4.74 Å². The van der Waals surface area contributed by atoms with E-state index in [9.17, 15) is 0 Å². The standard InChI is InChI=1S/C22H33NO/c1-6-22-11-8-7-9-19(22)20(3)13-14-21(4,24-16-15-23-5)17(2)18(20)10-12-22/h1,9,17-18H,5,7-8,10-16H2,2-4H3. The lowest BCUT2D eigenvalue weighted by atomic mass is 9.45. The molecule has 24 heavy (non-hydrogen) atoms. The summed E-state index contributed by atoms with van der Waals surface area (Å²) in [7, 11) is 0. The molecule has 5 atom stereocenters. The van der Waals surface area contributed by atoms with Crippen molar-refractivity contribution in [3.8, 4) is 12.3 Å². The second-order valence-electron chi connectivity index (χ2n) is 8.70. The predicted octanol–water partition coefficient (Wildman–Crippen LogP) is 5.04. The first-order valence-electron chi connectivity index (χ1n) is 9.67. The third-order valence-corrected chi connectivity index (χ3v) is 7.65. The van der Waals surface area contributed by atoms with Crippen LogP contribution in [0.2, 0.25) is 0 Å². The van der Waals surface area contributed by atoms with Gasteiger partial charge in [0, 0.05) is 0 Å². The minimum Gasteiger partial charge on any atom is -0.373 e. The lowest BCUT2D eigenvalue weighted by molar-refractivity contribution is -0.144. The van der Waals surface area contributed by atoms with Crippen molar-refractivity contribution in [2.75, 3.05) is 13.2 Å². The molecule has 5 unspecified atom stereocenters. The molecule has 2 nitrogen and oxygen atoms in total. The lowest BCUT2D eigenvalue weighted by Crippen LogP contribution is -2.56. The van der Waals surface area contributed by atoms with E-state index in [2.05, 4.69) is 44.5 Å². The summed E-state index contributed by atoms with van der Waals surface area (Å²) in [6.45, 7) is 12.1. The van der Waals surface area contributed by atoms with Gasteiger partial charge in [-0.1, -0.05) is 25.8 Å². The third-order valence-electron chi connectivity index (χ3n) is 7.65. The second kappa shape index (κ2) is 6.34. The van der Waals surface area contributed by atoms with Crippen molar-refractivity contribution in [1.82, 2.24) is 0 Å².